The summed E-state index contributed by atoms with van der Waals surface area (Å²) in [6, 6.07) is 19.0. The monoisotopic (exact) mass is 355 g/mol. The first-order valence-electron chi connectivity index (χ1n) is 8.31. The van der Waals surface area contributed by atoms with Gasteiger partial charge in [-0.1, -0.05) is 12.1 Å². The third-order valence-electron chi connectivity index (χ3n) is 4.17. The second-order valence-electron chi connectivity index (χ2n) is 6.04. The zero-order valence-electron chi connectivity index (χ0n) is 14.5. The van der Waals surface area contributed by atoms with Crippen LogP contribution in [0, 0.1) is 24.1 Å². The number of hydrogen-bond donors (Lipinski definition) is 0. The van der Waals surface area contributed by atoms with Gasteiger partial charge in [-0.2, -0.15) is 5.26 Å². The van der Waals surface area contributed by atoms with Crippen LogP contribution in [0.5, 0.6) is 0 Å². The Morgan fingerprint density at radius 3 is 2.63 bits per heavy atom. The van der Waals surface area contributed by atoms with Gasteiger partial charge in [0, 0.05) is 11.8 Å². The molecule has 2 heterocycles. The highest BCUT2D eigenvalue weighted by Crippen LogP contribution is 2.33. The molecule has 27 heavy (non-hydrogen) atoms. The number of fused-ring (bicyclic) bond motifs is 1. The number of halogens is 1. The average molecular weight is 355 g/mol. The molecule has 0 aliphatic heterocycles. The van der Waals surface area contributed by atoms with Crippen LogP contribution in [0.2, 0.25) is 0 Å². The van der Waals surface area contributed by atoms with Crippen molar-refractivity contribution >= 4 is 17.2 Å². The van der Waals surface area contributed by atoms with Crippen molar-refractivity contribution in [2.24, 2.45) is 10.2 Å². The molecule has 0 aliphatic carbocycles. The highest BCUT2D eigenvalue weighted by atomic mass is 19.1. The van der Waals surface area contributed by atoms with E-state index in [2.05, 4.69) is 16.3 Å². The number of azo groups is 1. The van der Waals surface area contributed by atoms with E-state index in [-0.39, 0.29) is 5.82 Å². The van der Waals surface area contributed by atoms with E-state index in [0.717, 1.165) is 16.8 Å². The van der Waals surface area contributed by atoms with Crippen LogP contribution < -0.4 is 0 Å². The molecule has 0 fully saturated rings. The van der Waals surface area contributed by atoms with Crippen LogP contribution >= 0.6 is 0 Å². The molecular formula is C21H14FN5. The van der Waals surface area contributed by atoms with Crippen molar-refractivity contribution in [3.05, 3.63) is 83.8 Å². The Morgan fingerprint density at radius 1 is 1.04 bits per heavy atom. The van der Waals surface area contributed by atoms with E-state index in [1.807, 2.05) is 29.7 Å². The lowest BCUT2D eigenvalue weighted by molar-refractivity contribution is 0.628. The minimum atomic E-state index is -0.310. The van der Waals surface area contributed by atoms with Crippen molar-refractivity contribution < 1.29 is 4.39 Å². The highest BCUT2D eigenvalue weighted by Gasteiger charge is 2.15. The van der Waals surface area contributed by atoms with Gasteiger partial charge >= 0.3 is 0 Å². The molecule has 0 atom stereocenters. The van der Waals surface area contributed by atoms with E-state index in [9.17, 15) is 4.39 Å². The second kappa shape index (κ2) is 6.81. The molecule has 4 aromatic rings. The number of hydrogen-bond acceptors (Lipinski definition) is 4. The van der Waals surface area contributed by atoms with Gasteiger partial charge in [-0.3, -0.25) is 4.40 Å². The predicted molar refractivity (Wildman–Crippen MR) is 101 cm³/mol. The first kappa shape index (κ1) is 16.6. The van der Waals surface area contributed by atoms with E-state index in [4.69, 9.17) is 10.2 Å². The van der Waals surface area contributed by atoms with E-state index in [0.29, 0.717) is 22.8 Å². The SMILES string of the molecule is Cc1cccn2c(N=Nc3cccc(C#N)c3)c(-c3ccc(F)cc3)nc12. The van der Waals surface area contributed by atoms with Gasteiger partial charge in [-0.05, 0) is 61.0 Å². The first-order valence-corrected chi connectivity index (χ1v) is 8.31. The molecule has 0 N–H and O–H groups in total. The summed E-state index contributed by atoms with van der Waals surface area (Å²) in [5, 5.41) is 17.7. The summed E-state index contributed by atoms with van der Waals surface area (Å²) in [7, 11) is 0. The predicted octanol–water partition coefficient (Wildman–Crippen LogP) is 5.74. The minimum Gasteiger partial charge on any atom is -0.282 e. The third-order valence-corrected chi connectivity index (χ3v) is 4.17. The number of rotatable bonds is 3. The molecule has 0 aliphatic rings. The van der Waals surface area contributed by atoms with E-state index >= 15 is 0 Å². The number of benzene rings is 2. The maximum atomic E-state index is 13.3. The molecule has 130 valence electrons. The van der Waals surface area contributed by atoms with Gasteiger partial charge in [0.15, 0.2) is 5.82 Å². The van der Waals surface area contributed by atoms with Gasteiger partial charge in [0.2, 0.25) is 0 Å². The number of nitrogens with zero attached hydrogens (tertiary/aromatic N) is 5. The van der Waals surface area contributed by atoms with Crippen LogP contribution in [0.15, 0.2) is 77.1 Å². The lowest BCUT2D eigenvalue weighted by Crippen LogP contribution is -1.85. The minimum absolute atomic E-state index is 0.310. The summed E-state index contributed by atoms with van der Waals surface area (Å²) < 4.78 is 15.2. The lowest BCUT2D eigenvalue weighted by atomic mass is 10.1. The fourth-order valence-corrected chi connectivity index (χ4v) is 2.83. The van der Waals surface area contributed by atoms with Gasteiger partial charge < -0.3 is 0 Å². The molecule has 0 unspecified atom stereocenters. The Bertz CT molecular complexity index is 1200. The highest BCUT2D eigenvalue weighted by molar-refractivity contribution is 5.75. The van der Waals surface area contributed by atoms with Gasteiger partial charge in [0.1, 0.15) is 17.2 Å². The summed E-state index contributed by atoms with van der Waals surface area (Å²) in [6.45, 7) is 1.97. The fraction of sp³-hybridized carbons (Fsp3) is 0.0476. The zero-order chi connectivity index (χ0) is 18.8. The zero-order valence-corrected chi connectivity index (χ0v) is 14.5. The summed E-state index contributed by atoms with van der Waals surface area (Å²) in [4.78, 5) is 4.69. The molecule has 0 saturated heterocycles. The largest absolute Gasteiger partial charge is 0.282 e. The van der Waals surface area contributed by atoms with Crippen molar-refractivity contribution in [2.75, 3.05) is 0 Å². The Labute approximate surface area is 155 Å². The summed E-state index contributed by atoms with van der Waals surface area (Å²) in [6.07, 6.45) is 1.86. The Morgan fingerprint density at radius 2 is 1.85 bits per heavy atom. The Hall–Kier alpha value is -3.85. The van der Waals surface area contributed by atoms with Gasteiger partial charge in [-0.25, -0.2) is 9.37 Å². The molecule has 2 aromatic heterocycles. The quantitative estimate of drug-likeness (QED) is 0.440. The van der Waals surface area contributed by atoms with Crippen molar-refractivity contribution in [2.45, 2.75) is 6.92 Å². The molecule has 2 aromatic carbocycles. The number of nitriles is 1. The van der Waals surface area contributed by atoms with Crippen LogP contribution in [0.3, 0.4) is 0 Å². The standard InChI is InChI=1S/C21H14FN5/c1-14-4-3-11-27-20(14)24-19(16-7-9-17(22)10-8-16)21(27)26-25-18-6-2-5-15(12-18)13-23/h2-12H,1H3. The maximum absolute atomic E-state index is 13.3. The topological polar surface area (TPSA) is 65.8 Å². The molecule has 0 spiro atoms. The van der Waals surface area contributed by atoms with Gasteiger partial charge in [-0.15, -0.1) is 10.2 Å². The molecule has 6 heteroatoms. The van der Waals surface area contributed by atoms with Crippen LogP contribution in [0.4, 0.5) is 15.9 Å². The average Bonchev–Trinajstić information content (AvgIpc) is 3.07. The van der Waals surface area contributed by atoms with Crippen molar-refractivity contribution in [1.82, 2.24) is 9.38 Å². The molecule has 5 nitrogen and oxygen atoms in total. The van der Waals surface area contributed by atoms with Crippen LogP contribution in [0.25, 0.3) is 16.9 Å². The summed E-state index contributed by atoms with van der Waals surface area (Å²) in [5.74, 6) is 0.234. The maximum Gasteiger partial charge on any atom is 0.187 e. The van der Waals surface area contributed by atoms with Crippen molar-refractivity contribution in [3.8, 4) is 17.3 Å². The second-order valence-corrected chi connectivity index (χ2v) is 6.04. The van der Waals surface area contributed by atoms with Crippen LogP contribution in [-0.4, -0.2) is 9.38 Å². The smallest absolute Gasteiger partial charge is 0.187 e. The number of aryl methyl sites for hydroxylation is 1. The molecule has 0 saturated carbocycles. The van der Waals surface area contributed by atoms with Gasteiger partial charge in [0.05, 0.1) is 17.3 Å². The first-order chi connectivity index (χ1) is 13.2. The molecular weight excluding hydrogens is 341 g/mol. The van der Waals surface area contributed by atoms with Crippen molar-refractivity contribution in [3.63, 3.8) is 0 Å². The number of pyridine rings is 1. The normalized spacial score (nSPS) is 11.1. The lowest BCUT2D eigenvalue weighted by Gasteiger charge is -2.00. The third kappa shape index (κ3) is 3.18. The summed E-state index contributed by atoms with van der Waals surface area (Å²) in [5.41, 5.74) is 4.20. The number of imidazole rings is 1. The van der Waals surface area contributed by atoms with Crippen LogP contribution in [0.1, 0.15) is 11.1 Å². The Kier molecular flexibility index (Phi) is 4.19. The van der Waals surface area contributed by atoms with Crippen molar-refractivity contribution in [1.29, 1.82) is 5.26 Å². The Balaban J connectivity index is 1.88. The molecule has 0 radical (unpaired) electrons. The number of aromatic nitrogens is 2. The van der Waals surface area contributed by atoms with E-state index in [1.165, 1.54) is 12.1 Å². The summed E-state index contributed by atoms with van der Waals surface area (Å²) >= 11 is 0. The molecule has 0 amide bonds. The van der Waals surface area contributed by atoms with E-state index in [1.54, 1.807) is 36.4 Å². The molecule has 0 bridgehead atoms. The van der Waals surface area contributed by atoms with Gasteiger partial charge in [0.25, 0.3) is 0 Å². The fourth-order valence-electron chi connectivity index (χ4n) is 2.83. The van der Waals surface area contributed by atoms with E-state index < -0.39 is 0 Å². The van der Waals surface area contributed by atoms with Crippen LogP contribution in [-0.2, 0) is 0 Å². The molecule has 4 rings (SSSR count).